The van der Waals surface area contributed by atoms with E-state index in [1.807, 2.05) is 12.1 Å². The maximum Gasteiger partial charge on any atom is 0.319 e. The van der Waals surface area contributed by atoms with Crippen LogP contribution in [0.15, 0.2) is 43.5 Å². The normalized spacial score (nSPS) is 25.6. The van der Waals surface area contributed by atoms with Crippen molar-refractivity contribution < 1.29 is 14.3 Å². The highest BCUT2D eigenvalue weighted by atomic mass is 16.5. The third kappa shape index (κ3) is 4.98. The van der Waals surface area contributed by atoms with E-state index in [0.717, 1.165) is 41.6 Å². The Morgan fingerprint density at radius 1 is 1.21 bits per heavy atom. The van der Waals surface area contributed by atoms with E-state index in [1.54, 1.807) is 4.90 Å². The zero-order chi connectivity index (χ0) is 29.4. The van der Waals surface area contributed by atoms with Crippen molar-refractivity contribution in [3.63, 3.8) is 0 Å². The molecule has 9 nitrogen and oxygen atoms in total. The highest BCUT2D eigenvalue weighted by Gasteiger charge is 2.48. The molecule has 9 heteroatoms. The molecule has 0 radical (unpaired) electrons. The summed E-state index contributed by atoms with van der Waals surface area (Å²) in [6.45, 7) is 10.9. The van der Waals surface area contributed by atoms with E-state index in [-0.39, 0.29) is 36.2 Å². The minimum atomic E-state index is -0.592. The summed E-state index contributed by atoms with van der Waals surface area (Å²) in [5.41, 5.74) is 3.97. The molecule has 0 bridgehead atoms. The Bertz CT molecular complexity index is 1480. The molecular formula is C33H38N6O3. The number of benzene rings is 1. The lowest BCUT2D eigenvalue weighted by atomic mass is 9.61. The van der Waals surface area contributed by atoms with Gasteiger partial charge in [-0.3, -0.25) is 9.59 Å². The fourth-order valence-electron chi connectivity index (χ4n) is 7.31. The molecule has 1 spiro atoms. The van der Waals surface area contributed by atoms with Gasteiger partial charge in [0.25, 0.3) is 0 Å². The first-order valence-corrected chi connectivity index (χ1v) is 14.9. The van der Waals surface area contributed by atoms with Gasteiger partial charge in [-0.2, -0.15) is 15.2 Å². The van der Waals surface area contributed by atoms with E-state index in [9.17, 15) is 14.9 Å². The molecule has 1 aromatic carbocycles. The van der Waals surface area contributed by atoms with E-state index in [0.29, 0.717) is 63.4 Å². The lowest BCUT2D eigenvalue weighted by molar-refractivity contribution is -0.128. The van der Waals surface area contributed by atoms with Gasteiger partial charge in [0.05, 0.1) is 18.5 Å². The fourth-order valence-corrected chi connectivity index (χ4v) is 7.31. The van der Waals surface area contributed by atoms with Crippen LogP contribution in [0.25, 0.3) is 5.57 Å². The van der Waals surface area contributed by atoms with Gasteiger partial charge in [0.1, 0.15) is 18.1 Å². The smallest absolute Gasteiger partial charge is 0.319 e. The minimum absolute atomic E-state index is 0.0277. The molecule has 1 aromatic heterocycles. The molecule has 3 atom stereocenters. The molecule has 2 aliphatic carbocycles. The molecular weight excluding hydrogens is 528 g/mol. The second kappa shape index (κ2) is 11.3. The maximum atomic E-state index is 14.5. The largest absolute Gasteiger partial charge is 0.462 e. The summed E-state index contributed by atoms with van der Waals surface area (Å²) in [7, 11) is 2.10. The summed E-state index contributed by atoms with van der Waals surface area (Å²) in [5.74, 6) is 0.529. The van der Waals surface area contributed by atoms with Gasteiger partial charge < -0.3 is 19.4 Å². The van der Waals surface area contributed by atoms with Gasteiger partial charge in [0.2, 0.25) is 5.91 Å². The van der Waals surface area contributed by atoms with E-state index < -0.39 is 5.41 Å². The Labute approximate surface area is 247 Å². The first kappa shape index (κ1) is 28.1. The van der Waals surface area contributed by atoms with Crippen molar-refractivity contribution >= 4 is 23.1 Å². The molecule has 42 heavy (non-hydrogen) atoms. The molecule has 6 rings (SSSR count). The van der Waals surface area contributed by atoms with Crippen LogP contribution in [0.1, 0.15) is 59.3 Å². The number of rotatable bonds is 6. The second-order valence-electron chi connectivity index (χ2n) is 12.2. The number of allylic oxidation sites excluding steroid dienone is 1. The number of anilines is 1. The van der Waals surface area contributed by atoms with Crippen molar-refractivity contribution in [2.24, 2.45) is 5.41 Å². The number of Topliss-reactive ketones (excluding diaryl/α,β-unsaturated/α-hetero) is 1. The number of amides is 1. The molecule has 2 aliphatic heterocycles. The van der Waals surface area contributed by atoms with Crippen molar-refractivity contribution in [2.75, 3.05) is 44.7 Å². The molecule has 2 aromatic rings. The lowest BCUT2D eigenvalue weighted by Gasteiger charge is -2.43. The Balaban J connectivity index is 1.36. The fraction of sp³-hybridized carbons (Fsp3) is 0.485. The zero-order valence-corrected chi connectivity index (χ0v) is 24.3. The highest BCUT2D eigenvalue weighted by Crippen LogP contribution is 2.49. The number of hydrogen-bond acceptors (Lipinski definition) is 8. The predicted octanol–water partition coefficient (Wildman–Crippen LogP) is 3.84. The number of fused-ring (bicyclic) bond motifs is 2. The number of aromatic nitrogens is 2. The molecule has 0 unspecified atom stereocenters. The van der Waals surface area contributed by atoms with Crippen molar-refractivity contribution in [3.8, 4) is 12.1 Å². The SMILES string of the molecule is C=CC(=O)N1CCN(c2nc(OC[C@@H]3CCCN3C)nc3c2CC[C@@]2(CC(=C)c4ccccc4C2)C3=O)C[C@@H]1CC#N. The minimum Gasteiger partial charge on any atom is -0.462 e. The number of carbonyl (C=O) groups excluding carboxylic acids is 2. The average molecular weight is 567 g/mol. The summed E-state index contributed by atoms with van der Waals surface area (Å²) in [5, 5.41) is 9.51. The Kier molecular flexibility index (Phi) is 7.58. The lowest BCUT2D eigenvalue weighted by Crippen LogP contribution is -2.55. The third-order valence-corrected chi connectivity index (χ3v) is 9.64. The van der Waals surface area contributed by atoms with Gasteiger partial charge in [-0.15, -0.1) is 0 Å². The number of piperazine rings is 1. The molecule has 2 saturated heterocycles. The molecule has 0 N–H and O–H groups in total. The van der Waals surface area contributed by atoms with Crippen molar-refractivity contribution in [2.45, 2.75) is 57.0 Å². The Morgan fingerprint density at radius 2 is 2.05 bits per heavy atom. The van der Waals surface area contributed by atoms with Crippen LogP contribution in [0.3, 0.4) is 0 Å². The maximum absolute atomic E-state index is 14.5. The molecule has 218 valence electrons. The van der Waals surface area contributed by atoms with Crippen LogP contribution in [-0.2, 0) is 17.6 Å². The topological polar surface area (TPSA) is 103 Å². The van der Waals surface area contributed by atoms with E-state index >= 15 is 0 Å². The highest BCUT2D eigenvalue weighted by molar-refractivity contribution is 6.04. The van der Waals surface area contributed by atoms with Crippen molar-refractivity contribution in [3.05, 3.63) is 65.9 Å². The van der Waals surface area contributed by atoms with Crippen LogP contribution in [0.5, 0.6) is 6.01 Å². The third-order valence-electron chi connectivity index (χ3n) is 9.64. The van der Waals surface area contributed by atoms with Crippen molar-refractivity contribution in [1.82, 2.24) is 19.8 Å². The number of ketones is 1. The van der Waals surface area contributed by atoms with Crippen LogP contribution in [0.4, 0.5) is 5.82 Å². The Hall–Kier alpha value is -4.03. The van der Waals surface area contributed by atoms with E-state index in [2.05, 4.69) is 48.2 Å². The Morgan fingerprint density at radius 3 is 2.81 bits per heavy atom. The number of hydrogen-bond donors (Lipinski definition) is 0. The van der Waals surface area contributed by atoms with E-state index in [4.69, 9.17) is 14.7 Å². The number of likely N-dealkylation sites (N-methyl/N-ethyl adjacent to an activating group) is 1. The zero-order valence-electron chi connectivity index (χ0n) is 24.3. The summed E-state index contributed by atoms with van der Waals surface area (Å²) < 4.78 is 6.22. The van der Waals surface area contributed by atoms with Gasteiger partial charge in [-0.1, -0.05) is 37.4 Å². The first-order valence-electron chi connectivity index (χ1n) is 14.9. The van der Waals surface area contributed by atoms with Crippen LogP contribution in [0, 0.1) is 16.7 Å². The van der Waals surface area contributed by atoms with Crippen LogP contribution in [0.2, 0.25) is 0 Å². The molecule has 4 aliphatic rings. The first-order chi connectivity index (χ1) is 20.3. The van der Waals surface area contributed by atoms with E-state index in [1.165, 1.54) is 6.08 Å². The van der Waals surface area contributed by atoms with Crippen molar-refractivity contribution in [1.29, 1.82) is 5.26 Å². The van der Waals surface area contributed by atoms with Crippen LogP contribution < -0.4 is 9.64 Å². The summed E-state index contributed by atoms with van der Waals surface area (Å²) >= 11 is 0. The number of nitriles is 1. The molecule has 2 fully saturated rings. The number of ether oxygens (including phenoxy) is 1. The van der Waals surface area contributed by atoms with Gasteiger partial charge in [0, 0.05) is 36.7 Å². The average Bonchev–Trinajstić information content (AvgIpc) is 3.42. The van der Waals surface area contributed by atoms with Gasteiger partial charge >= 0.3 is 6.01 Å². The summed E-state index contributed by atoms with van der Waals surface area (Å²) in [6, 6.07) is 10.6. The molecule has 1 amide bonds. The number of nitrogens with zero attached hydrogens (tertiary/aromatic N) is 6. The summed E-state index contributed by atoms with van der Waals surface area (Å²) in [4.78, 5) is 42.8. The summed E-state index contributed by atoms with van der Waals surface area (Å²) in [6.07, 6.45) is 6.29. The van der Waals surface area contributed by atoms with Gasteiger partial charge in [0.15, 0.2) is 5.78 Å². The monoisotopic (exact) mass is 566 g/mol. The predicted molar refractivity (Wildman–Crippen MR) is 160 cm³/mol. The van der Waals surface area contributed by atoms with Gasteiger partial charge in [-0.05, 0) is 74.9 Å². The van der Waals surface area contributed by atoms with Crippen LogP contribution >= 0.6 is 0 Å². The van der Waals surface area contributed by atoms with Crippen LogP contribution in [-0.4, -0.2) is 83.4 Å². The number of likely N-dealkylation sites (tertiary alicyclic amines) is 1. The quantitative estimate of drug-likeness (QED) is 0.486. The number of carbonyl (C=O) groups is 2. The van der Waals surface area contributed by atoms with Gasteiger partial charge in [-0.25, -0.2) is 0 Å². The molecule has 3 heterocycles. The molecule has 0 saturated carbocycles. The second-order valence-corrected chi connectivity index (χ2v) is 12.2. The standard InChI is InChI=1S/C33H38N6O3/c1-4-28(40)39-17-16-38(20-24(39)12-14-34)31-27-11-13-33(18-22(2)26-10-6-5-8-23(26)19-33)30(41)29(27)35-32(36-31)42-21-25-9-7-15-37(25)3/h4-6,8,10,24-25H,1-2,7,9,11-13,15-21H2,3H3/t24-,25-,33-/m0/s1.